The number of methoxy groups -OCH3 is 1. The highest BCUT2D eigenvalue weighted by atomic mass is 16.5. The van der Waals surface area contributed by atoms with Crippen molar-refractivity contribution in [1.29, 1.82) is 0 Å². The van der Waals surface area contributed by atoms with E-state index in [1.54, 1.807) is 7.11 Å². The highest BCUT2D eigenvalue weighted by Crippen LogP contribution is 2.28. The molecule has 3 aromatic rings. The Kier molecular flexibility index (Phi) is 6.00. The zero-order valence-electron chi connectivity index (χ0n) is 16.3. The zero-order chi connectivity index (χ0) is 19.2. The topological polar surface area (TPSA) is 46.2 Å². The number of nitrogens with one attached hydrogen (secondary N) is 2. The van der Waals surface area contributed by atoms with E-state index in [4.69, 9.17) is 4.74 Å². The number of hydrogen-bond donors (Lipinski definition) is 2. The highest BCUT2D eigenvalue weighted by molar-refractivity contribution is 5.65. The summed E-state index contributed by atoms with van der Waals surface area (Å²) in [6.07, 6.45) is 6.01. The summed E-state index contributed by atoms with van der Waals surface area (Å²) in [5.41, 5.74) is 4.87. The van der Waals surface area contributed by atoms with E-state index in [2.05, 4.69) is 64.1 Å². The summed E-state index contributed by atoms with van der Waals surface area (Å²) < 4.78 is 5.62. The second-order valence-corrected chi connectivity index (χ2v) is 7.23. The van der Waals surface area contributed by atoms with Crippen molar-refractivity contribution in [3.63, 3.8) is 0 Å². The van der Waals surface area contributed by atoms with Crippen molar-refractivity contribution in [2.75, 3.05) is 13.7 Å². The first-order chi connectivity index (χ1) is 13.8. The van der Waals surface area contributed by atoms with Crippen LogP contribution in [-0.4, -0.2) is 24.7 Å². The molecule has 2 unspecified atom stereocenters. The largest absolute Gasteiger partial charge is 0.496 e. The number of piperidine rings is 1. The molecule has 1 fully saturated rings. The van der Waals surface area contributed by atoms with Gasteiger partial charge in [-0.25, -0.2) is 0 Å². The predicted octanol–water partition coefficient (Wildman–Crippen LogP) is 4.34. The number of nitrogens with zero attached hydrogens (tertiary/aromatic N) is 1. The molecule has 1 saturated heterocycles. The molecule has 0 aliphatic carbocycles. The number of ether oxygens (including phenoxy) is 1. The third-order valence-corrected chi connectivity index (χ3v) is 5.47. The van der Waals surface area contributed by atoms with Crippen LogP contribution < -0.4 is 15.4 Å². The summed E-state index contributed by atoms with van der Waals surface area (Å²) in [5, 5.41) is 7.47. The summed E-state index contributed by atoms with van der Waals surface area (Å²) in [6.45, 7) is 1.84. The van der Waals surface area contributed by atoms with Crippen LogP contribution in [-0.2, 0) is 6.54 Å². The molecule has 144 valence electrons. The Morgan fingerprint density at radius 3 is 2.64 bits per heavy atom. The molecule has 0 amide bonds. The van der Waals surface area contributed by atoms with E-state index in [1.165, 1.54) is 35.1 Å². The minimum absolute atomic E-state index is 0.337. The van der Waals surface area contributed by atoms with E-state index in [0.29, 0.717) is 12.1 Å². The van der Waals surface area contributed by atoms with Crippen molar-refractivity contribution >= 4 is 0 Å². The van der Waals surface area contributed by atoms with Crippen LogP contribution >= 0.6 is 0 Å². The second kappa shape index (κ2) is 9.00. The van der Waals surface area contributed by atoms with Gasteiger partial charge in [0.1, 0.15) is 5.75 Å². The van der Waals surface area contributed by atoms with Gasteiger partial charge in [-0.05, 0) is 60.3 Å². The first-order valence-electron chi connectivity index (χ1n) is 9.94. The molecule has 0 radical (unpaired) electrons. The molecular weight excluding hydrogens is 346 g/mol. The maximum atomic E-state index is 5.62. The molecule has 1 aromatic heterocycles. The van der Waals surface area contributed by atoms with Crippen LogP contribution in [0.3, 0.4) is 0 Å². The van der Waals surface area contributed by atoms with Crippen LogP contribution in [0.5, 0.6) is 5.75 Å². The lowest BCUT2D eigenvalue weighted by atomic mass is 9.92. The first kappa shape index (κ1) is 18.7. The van der Waals surface area contributed by atoms with Crippen LogP contribution in [0.15, 0.2) is 73.1 Å². The lowest BCUT2D eigenvalue weighted by Crippen LogP contribution is -2.45. The quantitative estimate of drug-likeness (QED) is 0.675. The lowest BCUT2D eigenvalue weighted by Gasteiger charge is -2.34. The molecule has 2 atom stereocenters. The Hall–Kier alpha value is -2.69. The van der Waals surface area contributed by atoms with Gasteiger partial charge in [0.25, 0.3) is 0 Å². The maximum Gasteiger partial charge on any atom is 0.123 e. The smallest absolute Gasteiger partial charge is 0.123 e. The number of hydrogen-bond acceptors (Lipinski definition) is 4. The normalized spacial score (nSPS) is 19.3. The van der Waals surface area contributed by atoms with Gasteiger partial charge in [-0.15, -0.1) is 0 Å². The molecule has 4 heteroatoms. The van der Waals surface area contributed by atoms with Crippen LogP contribution in [0.2, 0.25) is 0 Å². The van der Waals surface area contributed by atoms with Crippen molar-refractivity contribution < 1.29 is 4.74 Å². The molecule has 2 heterocycles. The predicted molar refractivity (Wildman–Crippen MR) is 113 cm³/mol. The minimum atomic E-state index is 0.337. The van der Waals surface area contributed by atoms with Gasteiger partial charge in [-0.1, -0.05) is 36.4 Å². The van der Waals surface area contributed by atoms with Gasteiger partial charge in [-0.2, -0.15) is 0 Å². The Labute approximate surface area is 167 Å². The molecule has 1 aliphatic rings. The fourth-order valence-electron chi connectivity index (χ4n) is 4.00. The Bertz CT molecular complexity index is 883. The molecule has 2 aromatic carbocycles. The third-order valence-electron chi connectivity index (χ3n) is 5.47. The molecule has 4 rings (SSSR count). The van der Waals surface area contributed by atoms with Crippen molar-refractivity contribution in [2.24, 2.45) is 0 Å². The van der Waals surface area contributed by atoms with Crippen LogP contribution in [0, 0.1) is 0 Å². The molecule has 1 aliphatic heterocycles. The van der Waals surface area contributed by atoms with Gasteiger partial charge >= 0.3 is 0 Å². The first-order valence-corrected chi connectivity index (χ1v) is 9.94. The zero-order valence-corrected chi connectivity index (χ0v) is 16.3. The molecule has 2 N–H and O–H groups in total. The van der Waals surface area contributed by atoms with E-state index in [-0.39, 0.29) is 0 Å². The van der Waals surface area contributed by atoms with Gasteiger partial charge in [-0.3, -0.25) is 4.98 Å². The van der Waals surface area contributed by atoms with Gasteiger partial charge < -0.3 is 15.4 Å². The summed E-state index contributed by atoms with van der Waals surface area (Å²) in [5.74, 6) is 0.922. The maximum absolute atomic E-state index is 5.62. The summed E-state index contributed by atoms with van der Waals surface area (Å²) >= 11 is 0. The molecular formula is C24H27N3O. The van der Waals surface area contributed by atoms with Crippen LogP contribution in [0.4, 0.5) is 0 Å². The summed E-state index contributed by atoms with van der Waals surface area (Å²) in [6, 6.07) is 21.9. The monoisotopic (exact) mass is 373 g/mol. The van der Waals surface area contributed by atoms with Gasteiger partial charge in [0.2, 0.25) is 0 Å². The van der Waals surface area contributed by atoms with E-state index < -0.39 is 0 Å². The number of rotatable bonds is 6. The van der Waals surface area contributed by atoms with E-state index in [1.807, 2.05) is 24.5 Å². The average molecular weight is 374 g/mol. The minimum Gasteiger partial charge on any atom is -0.496 e. The highest BCUT2D eigenvalue weighted by Gasteiger charge is 2.25. The number of benzene rings is 2. The Morgan fingerprint density at radius 1 is 1.04 bits per heavy atom. The van der Waals surface area contributed by atoms with Crippen molar-refractivity contribution in [3.05, 3.63) is 84.2 Å². The second-order valence-electron chi connectivity index (χ2n) is 7.23. The third kappa shape index (κ3) is 4.24. The number of aromatic nitrogens is 1. The Balaban J connectivity index is 1.53. The Morgan fingerprint density at radius 2 is 1.86 bits per heavy atom. The van der Waals surface area contributed by atoms with E-state index in [0.717, 1.165) is 18.8 Å². The molecule has 0 bridgehead atoms. The SMILES string of the molecule is COc1ccc(-c2ccncc2)cc1CNC1CCCNC1c1ccccc1. The van der Waals surface area contributed by atoms with Crippen molar-refractivity contribution in [1.82, 2.24) is 15.6 Å². The standard InChI is InChI=1S/C24H27N3O/c1-28-23-10-9-20(18-11-14-25-15-12-18)16-21(23)17-27-22-8-5-13-26-24(22)19-6-3-2-4-7-19/h2-4,6-7,9-12,14-16,22,24,26-27H,5,8,13,17H2,1H3. The fourth-order valence-corrected chi connectivity index (χ4v) is 4.00. The molecule has 28 heavy (non-hydrogen) atoms. The molecule has 0 saturated carbocycles. The lowest BCUT2D eigenvalue weighted by molar-refractivity contribution is 0.303. The van der Waals surface area contributed by atoms with Crippen molar-refractivity contribution in [2.45, 2.75) is 31.5 Å². The summed E-state index contributed by atoms with van der Waals surface area (Å²) in [7, 11) is 1.74. The molecule has 4 nitrogen and oxygen atoms in total. The number of pyridine rings is 1. The van der Waals surface area contributed by atoms with Gasteiger partial charge in [0.05, 0.1) is 7.11 Å². The van der Waals surface area contributed by atoms with E-state index in [9.17, 15) is 0 Å². The van der Waals surface area contributed by atoms with Crippen molar-refractivity contribution in [3.8, 4) is 16.9 Å². The van der Waals surface area contributed by atoms with Crippen LogP contribution in [0.1, 0.15) is 30.0 Å². The van der Waals surface area contributed by atoms with Gasteiger partial charge in [0, 0.05) is 36.6 Å². The fraction of sp³-hybridized carbons (Fsp3) is 0.292. The van der Waals surface area contributed by atoms with E-state index >= 15 is 0 Å². The van der Waals surface area contributed by atoms with Crippen LogP contribution in [0.25, 0.3) is 11.1 Å². The average Bonchev–Trinajstić information content (AvgIpc) is 2.79. The summed E-state index contributed by atoms with van der Waals surface area (Å²) in [4.78, 5) is 4.12. The van der Waals surface area contributed by atoms with Gasteiger partial charge in [0.15, 0.2) is 0 Å². The molecule has 0 spiro atoms.